The minimum Gasteiger partial charge on any atom is -0.487 e. The van der Waals surface area contributed by atoms with Crippen molar-refractivity contribution in [2.24, 2.45) is 0 Å². The van der Waals surface area contributed by atoms with Crippen molar-refractivity contribution in [3.63, 3.8) is 0 Å². The van der Waals surface area contributed by atoms with Gasteiger partial charge in [-0.3, -0.25) is 10.1 Å². The summed E-state index contributed by atoms with van der Waals surface area (Å²) in [7, 11) is 0. The van der Waals surface area contributed by atoms with E-state index >= 15 is 0 Å². The van der Waals surface area contributed by atoms with Crippen molar-refractivity contribution in [3.05, 3.63) is 34.4 Å². The van der Waals surface area contributed by atoms with Crippen molar-refractivity contribution in [1.82, 2.24) is 0 Å². The molecule has 0 bridgehead atoms. The fourth-order valence-corrected chi connectivity index (χ4v) is 2.01. The van der Waals surface area contributed by atoms with Gasteiger partial charge in [0.25, 0.3) is 0 Å². The van der Waals surface area contributed by atoms with Gasteiger partial charge < -0.3 is 28.4 Å². The molecule has 1 unspecified atom stereocenters. The normalized spacial score (nSPS) is 21.7. The number of nitro groups is 1. The van der Waals surface area contributed by atoms with E-state index in [1.165, 1.54) is 0 Å². The maximum absolute atomic E-state index is 11.2. The van der Waals surface area contributed by atoms with Gasteiger partial charge in [-0.05, 0) is 12.1 Å². The molecule has 1 aliphatic heterocycles. The minimum atomic E-state index is -1.33. The predicted octanol–water partition coefficient (Wildman–Crippen LogP) is 1.13. The highest BCUT2D eigenvalue weighted by Crippen LogP contribution is 2.27. The van der Waals surface area contributed by atoms with Gasteiger partial charge in [0.1, 0.15) is 6.61 Å². The summed E-state index contributed by atoms with van der Waals surface area (Å²) in [5.41, 5.74) is 0. The number of hydrogen-bond donors (Lipinski definition) is 0. The largest absolute Gasteiger partial charge is 0.487 e. The van der Waals surface area contributed by atoms with Crippen molar-refractivity contribution in [2.45, 2.75) is 6.23 Å². The first-order valence-corrected chi connectivity index (χ1v) is 8.10. The van der Waals surface area contributed by atoms with Gasteiger partial charge in [-0.1, -0.05) is 12.1 Å². The van der Waals surface area contributed by atoms with E-state index in [9.17, 15) is 10.1 Å². The topological polar surface area (TPSA) is 98.5 Å². The number of benzene rings is 1. The zero-order valence-electron chi connectivity index (χ0n) is 14.0. The first-order chi connectivity index (χ1) is 12.3. The second kappa shape index (κ2) is 11.6. The highest BCUT2D eigenvalue weighted by atomic mass is 16.7. The molecular weight excluding hydrogens is 334 g/mol. The van der Waals surface area contributed by atoms with Gasteiger partial charge in [0.15, 0.2) is 18.1 Å². The Hall–Kier alpha value is -1.94. The quantitative estimate of drug-likeness (QED) is 0.545. The van der Waals surface area contributed by atoms with E-state index in [1.54, 1.807) is 24.3 Å². The molecule has 1 aromatic rings. The van der Waals surface area contributed by atoms with Crippen LogP contribution in [0.5, 0.6) is 11.5 Å². The SMILES string of the molecule is O=[N+]([O-])C1COCCOCCOCCOCCOc2ccccc2O1. The Morgan fingerprint density at radius 1 is 0.800 bits per heavy atom. The molecule has 1 aromatic carbocycles. The lowest BCUT2D eigenvalue weighted by molar-refractivity contribution is -0.566. The summed E-state index contributed by atoms with van der Waals surface area (Å²) in [6.45, 7) is 2.84. The molecule has 0 spiro atoms. The fraction of sp³-hybridized carbons (Fsp3) is 0.625. The molecule has 0 fully saturated rings. The van der Waals surface area contributed by atoms with E-state index in [2.05, 4.69) is 0 Å². The average Bonchev–Trinajstić information content (AvgIpc) is 2.61. The van der Waals surface area contributed by atoms with Crippen LogP contribution in [0.2, 0.25) is 0 Å². The van der Waals surface area contributed by atoms with Gasteiger partial charge in [0, 0.05) is 0 Å². The summed E-state index contributed by atoms with van der Waals surface area (Å²) in [6, 6.07) is 6.77. The highest BCUT2D eigenvalue weighted by Gasteiger charge is 2.24. The van der Waals surface area contributed by atoms with Gasteiger partial charge in [0.2, 0.25) is 0 Å². The number of rotatable bonds is 1. The molecule has 9 nitrogen and oxygen atoms in total. The van der Waals surface area contributed by atoms with E-state index in [-0.39, 0.29) is 19.0 Å². The molecule has 0 aliphatic carbocycles. The van der Waals surface area contributed by atoms with Crippen molar-refractivity contribution < 1.29 is 33.3 Å². The van der Waals surface area contributed by atoms with Crippen LogP contribution in [0.15, 0.2) is 24.3 Å². The van der Waals surface area contributed by atoms with E-state index in [1.807, 2.05) is 0 Å². The van der Waals surface area contributed by atoms with Crippen molar-refractivity contribution >= 4 is 0 Å². The fourth-order valence-electron chi connectivity index (χ4n) is 2.01. The van der Waals surface area contributed by atoms with Crippen LogP contribution >= 0.6 is 0 Å². The van der Waals surface area contributed by atoms with E-state index in [0.29, 0.717) is 52.0 Å². The molecule has 1 atom stereocenters. The van der Waals surface area contributed by atoms with E-state index in [0.717, 1.165) is 0 Å². The predicted molar refractivity (Wildman–Crippen MR) is 86.6 cm³/mol. The number of fused-ring (bicyclic) bond motifs is 1. The molecule has 9 heteroatoms. The van der Waals surface area contributed by atoms with Crippen LogP contribution in [0.1, 0.15) is 0 Å². The average molecular weight is 357 g/mol. The Balaban J connectivity index is 1.97. The molecule has 0 aromatic heterocycles. The number of nitrogens with zero attached hydrogens (tertiary/aromatic N) is 1. The molecular formula is C16H23NO8. The molecule has 0 saturated heterocycles. The number of hydrogen-bond acceptors (Lipinski definition) is 8. The Kier molecular flexibility index (Phi) is 8.98. The number of ether oxygens (including phenoxy) is 6. The lowest BCUT2D eigenvalue weighted by atomic mass is 10.3. The second-order valence-electron chi connectivity index (χ2n) is 5.07. The second-order valence-corrected chi connectivity index (χ2v) is 5.07. The van der Waals surface area contributed by atoms with Crippen molar-refractivity contribution in [1.29, 1.82) is 0 Å². The summed E-state index contributed by atoms with van der Waals surface area (Å²) in [5.74, 6) is 0.701. The lowest BCUT2D eigenvalue weighted by Gasteiger charge is -2.16. The molecule has 1 aliphatic rings. The third kappa shape index (κ3) is 7.65. The van der Waals surface area contributed by atoms with Gasteiger partial charge in [-0.25, -0.2) is 0 Å². The Morgan fingerprint density at radius 2 is 1.32 bits per heavy atom. The molecule has 2 rings (SSSR count). The van der Waals surface area contributed by atoms with Gasteiger partial charge in [-0.2, -0.15) is 0 Å². The van der Waals surface area contributed by atoms with Crippen LogP contribution in [-0.4, -0.2) is 70.6 Å². The summed E-state index contributed by atoms with van der Waals surface area (Å²) in [4.78, 5) is 10.6. The summed E-state index contributed by atoms with van der Waals surface area (Å²) in [5, 5.41) is 11.2. The molecule has 25 heavy (non-hydrogen) atoms. The first-order valence-electron chi connectivity index (χ1n) is 8.10. The van der Waals surface area contributed by atoms with Crippen LogP contribution in [0.25, 0.3) is 0 Å². The van der Waals surface area contributed by atoms with Crippen LogP contribution in [0.4, 0.5) is 0 Å². The first kappa shape index (κ1) is 19.4. The Morgan fingerprint density at radius 3 is 1.92 bits per heavy atom. The minimum absolute atomic E-state index is 0.190. The van der Waals surface area contributed by atoms with E-state index < -0.39 is 11.2 Å². The molecule has 0 radical (unpaired) electrons. The Labute approximate surface area is 145 Å². The molecule has 0 saturated carbocycles. The van der Waals surface area contributed by atoms with Gasteiger partial charge in [0.05, 0.1) is 51.2 Å². The van der Waals surface area contributed by atoms with Gasteiger partial charge >= 0.3 is 6.23 Å². The number of para-hydroxylation sites is 2. The summed E-state index contributed by atoms with van der Waals surface area (Å²) in [6.07, 6.45) is -1.33. The zero-order valence-corrected chi connectivity index (χ0v) is 14.0. The van der Waals surface area contributed by atoms with Crippen molar-refractivity contribution in [2.75, 3.05) is 59.5 Å². The standard InChI is InChI=1S/C16H23NO8/c18-17(19)16-13-23-10-9-21-6-5-20-7-8-22-11-12-24-14-3-1-2-4-15(14)25-16/h1-4,16H,5-13H2. The maximum atomic E-state index is 11.2. The zero-order chi connectivity index (χ0) is 17.7. The molecule has 1 heterocycles. The van der Waals surface area contributed by atoms with Gasteiger partial charge in [-0.15, -0.1) is 0 Å². The molecule has 140 valence electrons. The van der Waals surface area contributed by atoms with Crippen molar-refractivity contribution in [3.8, 4) is 11.5 Å². The van der Waals surface area contributed by atoms with Crippen LogP contribution in [0, 0.1) is 10.1 Å². The van der Waals surface area contributed by atoms with Crippen LogP contribution < -0.4 is 9.47 Å². The van der Waals surface area contributed by atoms with Crippen LogP contribution in [-0.2, 0) is 18.9 Å². The highest BCUT2D eigenvalue weighted by molar-refractivity contribution is 5.39. The summed E-state index contributed by atoms with van der Waals surface area (Å²) >= 11 is 0. The third-order valence-corrected chi connectivity index (χ3v) is 3.21. The lowest BCUT2D eigenvalue weighted by Crippen LogP contribution is -2.32. The molecule has 0 amide bonds. The van der Waals surface area contributed by atoms with Crippen LogP contribution in [0.3, 0.4) is 0 Å². The Bertz CT molecular complexity index is 513. The monoisotopic (exact) mass is 357 g/mol. The maximum Gasteiger partial charge on any atom is 0.377 e. The third-order valence-electron chi connectivity index (χ3n) is 3.21. The molecule has 0 N–H and O–H groups in total. The smallest absolute Gasteiger partial charge is 0.377 e. The van der Waals surface area contributed by atoms with E-state index in [4.69, 9.17) is 28.4 Å². The summed E-state index contributed by atoms with van der Waals surface area (Å²) < 4.78 is 32.4.